The lowest BCUT2D eigenvalue weighted by molar-refractivity contribution is 0.0946. The highest BCUT2D eigenvalue weighted by Crippen LogP contribution is 2.26. The second-order valence-corrected chi connectivity index (χ2v) is 8.15. The molecule has 0 spiro atoms. The smallest absolute Gasteiger partial charge is 0.252 e. The van der Waals surface area contributed by atoms with E-state index in [-0.39, 0.29) is 5.91 Å². The molecule has 0 unspecified atom stereocenters. The largest absolute Gasteiger partial charge is 0.352 e. The van der Waals surface area contributed by atoms with Gasteiger partial charge in [0.2, 0.25) is 0 Å². The van der Waals surface area contributed by atoms with Crippen LogP contribution in [0.3, 0.4) is 0 Å². The number of aryl methyl sites for hydroxylation is 2. The molecule has 0 saturated carbocycles. The minimum Gasteiger partial charge on any atom is -0.352 e. The van der Waals surface area contributed by atoms with Crippen molar-refractivity contribution in [2.24, 2.45) is 13.0 Å². The van der Waals surface area contributed by atoms with Crippen LogP contribution in [0.4, 0.5) is 0 Å². The first-order valence-corrected chi connectivity index (χ1v) is 10.4. The molecule has 1 fully saturated rings. The average molecular weight is 392 g/mol. The Morgan fingerprint density at radius 1 is 1.21 bits per heavy atom. The van der Waals surface area contributed by atoms with Crippen molar-refractivity contribution in [2.45, 2.75) is 26.7 Å². The molecule has 2 aromatic heterocycles. The summed E-state index contributed by atoms with van der Waals surface area (Å²) >= 11 is 0. The zero-order valence-electron chi connectivity index (χ0n) is 17.5. The highest BCUT2D eigenvalue weighted by atomic mass is 16.1. The second kappa shape index (κ2) is 8.33. The van der Waals surface area contributed by atoms with Crippen molar-refractivity contribution in [3.63, 3.8) is 0 Å². The molecule has 0 bridgehead atoms. The van der Waals surface area contributed by atoms with Crippen LogP contribution in [0.5, 0.6) is 0 Å². The fourth-order valence-corrected chi connectivity index (χ4v) is 4.21. The summed E-state index contributed by atoms with van der Waals surface area (Å²) in [6.45, 7) is 8.19. The third kappa shape index (κ3) is 4.17. The maximum Gasteiger partial charge on any atom is 0.252 e. The van der Waals surface area contributed by atoms with Gasteiger partial charge in [-0.15, -0.1) is 0 Å². The van der Waals surface area contributed by atoms with E-state index in [1.165, 1.54) is 25.9 Å². The van der Waals surface area contributed by atoms with Crippen LogP contribution in [0.2, 0.25) is 0 Å². The summed E-state index contributed by atoms with van der Waals surface area (Å²) in [6.07, 6.45) is 2.58. The predicted octanol–water partition coefficient (Wildman–Crippen LogP) is 3.41. The van der Waals surface area contributed by atoms with Crippen LogP contribution in [-0.4, -0.2) is 51.8 Å². The van der Waals surface area contributed by atoms with Gasteiger partial charge in [0.1, 0.15) is 0 Å². The van der Waals surface area contributed by atoms with Gasteiger partial charge in [0.25, 0.3) is 5.91 Å². The van der Waals surface area contributed by atoms with Gasteiger partial charge in [-0.1, -0.05) is 37.3 Å². The summed E-state index contributed by atoms with van der Waals surface area (Å²) in [4.78, 5) is 20.4. The number of fused-ring (bicyclic) bond motifs is 1. The fourth-order valence-electron chi connectivity index (χ4n) is 4.21. The molecular weight excluding hydrogens is 362 g/mol. The van der Waals surface area contributed by atoms with Gasteiger partial charge >= 0.3 is 0 Å². The van der Waals surface area contributed by atoms with Gasteiger partial charge in [0, 0.05) is 25.7 Å². The first-order valence-electron chi connectivity index (χ1n) is 10.4. The molecule has 0 aliphatic carbocycles. The van der Waals surface area contributed by atoms with Gasteiger partial charge in [-0.05, 0) is 44.8 Å². The van der Waals surface area contributed by atoms with Crippen molar-refractivity contribution in [1.82, 2.24) is 25.0 Å². The number of carbonyl (C=O) groups is 1. The SMILES string of the molecule is Cc1nn(C)c2nc(-c3ccccc3)cc(C(=O)NC[C@@H](C)CN3CCCC3)c12. The highest BCUT2D eigenvalue weighted by molar-refractivity contribution is 6.07. The van der Waals surface area contributed by atoms with Crippen LogP contribution in [0.1, 0.15) is 35.8 Å². The minimum absolute atomic E-state index is 0.0565. The summed E-state index contributed by atoms with van der Waals surface area (Å²) in [5, 5.41) is 8.48. The number of aromatic nitrogens is 3. The third-order valence-corrected chi connectivity index (χ3v) is 5.66. The normalized spacial score (nSPS) is 15.7. The predicted molar refractivity (Wildman–Crippen MR) is 116 cm³/mol. The molecule has 152 valence electrons. The summed E-state index contributed by atoms with van der Waals surface area (Å²) in [6, 6.07) is 11.9. The average Bonchev–Trinajstić information content (AvgIpc) is 3.34. The van der Waals surface area contributed by atoms with Crippen molar-refractivity contribution in [1.29, 1.82) is 0 Å². The van der Waals surface area contributed by atoms with Crippen LogP contribution >= 0.6 is 0 Å². The molecule has 1 N–H and O–H groups in total. The first kappa shape index (κ1) is 19.6. The molecule has 4 rings (SSSR count). The number of benzene rings is 1. The Balaban J connectivity index is 1.60. The molecule has 1 amide bonds. The molecule has 1 aromatic carbocycles. The quantitative estimate of drug-likeness (QED) is 0.699. The number of rotatable bonds is 6. The minimum atomic E-state index is -0.0565. The number of carbonyl (C=O) groups excluding carboxylic acids is 1. The summed E-state index contributed by atoms with van der Waals surface area (Å²) < 4.78 is 1.75. The molecule has 0 radical (unpaired) electrons. The van der Waals surface area contributed by atoms with Crippen molar-refractivity contribution in [2.75, 3.05) is 26.2 Å². The Hall–Kier alpha value is -2.73. The van der Waals surface area contributed by atoms with Crippen molar-refractivity contribution in [3.8, 4) is 11.3 Å². The van der Waals surface area contributed by atoms with Crippen LogP contribution in [-0.2, 0) is 7.05 Å². The maximum atomic E-state index is 13.2. The number of hydrogen-bond acceptors (Lipinski definition) is 4. The molecule has 1 atom stereocenters. The summed E-state index contributed by atoms with van der Waals surface area (Å²) in [5.74, 6) is 0.358. The second-order valence-electron chi connectivity index (χ2n) is 8.15. The van der Waals surface area contributed by atoms with Crippen LogP contribution < -0.4 is 5.32 Å². The first-order chi connectivity index (χ1) is 14.0. The lowest BCUT2D eigenvalue weighted by Crippen LogP contribution is -2.34. The van der Waals surface area contributed by atoms with Gasteiger partial charge in [-0.3, -0.25) is 9.48 Å². The van der Waals surface area contributed by atoms with Gasteiger partial charge in [-0.25, -0.2) is 4.98 Å². The summed E-state index contributed by atoms with van der Waals surface area (Å²) in [5.41, 5.74) is 3.98. The molecule has 1 aliphatic heterocycles. The molecule has 1 saturated heterocycles. The Morgan fingerprint density at radius 3 is 2.66 bits per heavy atom. The maximum absolute atomic E-state index is 13.2. The van der Waals surface area contributed by atoms with E-state index in [1.54, 1.807) is 4.68 Å². The number of nitrogens with one attached hydrogen (secondary N) is 1. The molecule has 29 heavy (non-hydrogen) atoms. The number of amides is 1. The van der Waals surface area contributed by atoms with Gasteiger partial charge < -0.3 is 10.2 Å². The van der Waals surface area contributed by atoms with E-state index in [9.17, 15) is 4.79 Å². The third-order valence-electron chi connectivity index (χ3n) is 5.66. The van der Waals surface area contributed by atoms with Crippen LogP contribution in [0, 0.1) is 12.8 Å². The van der Waals surface area contributed by atoms with Crippen molar-refractivity contribution < 1.29 is 4.79 Å². The standard InChI is InChI=1S/C23H29N5O/c1-16(15-28-11-7-8-12-28)14-24-23(29)19-13-20(18-9-5-4-6-10-18)25-22-21(19)17(2)26-27(22)3/h4-6,9-10,13,16H,7-8,11-12,14-15H2,1-3H3,(H,24,29)/t16-/m1/s1. The van der Waals surface area contributed by atoms with E-state index in [0.717, 1.165) is 34.5 Å². The van der Waals surface area contributed by atoms with Gasteiger partial charge in [0.05, 0.1) is 22.3 Å². The lowest BCUT2D eigenvalue weighted by Gasteiger charge is -2.20. The zero-order chi connectivity index (χ0) is 20.4. The van der Waals surface area contributed by atoms with Crippen LogP contribution in [0.25, 0.3) is 22.3 Å². The number of nitrogens with zero attached hydrogens (tertiary/aromatic N) is 4. The summed E-state index contributed by atoms with van der Waals surface area (Å²) in [7, 11) is 1.87. The number of pyridine rings is 1. The van der Waals surface area contributed by atoms with E-state index < -0.39 is 0 Å². The van der Waals surface area contributed by atoms with Gasteiger partial charge in [-0.2, -0.15) is 5.10 Å². The van der Waals surface area contributed by atoms with Crippen molar-refractivity contribution >= 4 is 16.9 Å². The van der Waals surface area contributed by atoms with E-state index in [1.807, 2.05) is 50.4 Å². The Bertz CT molecular complexity index is 1010. The van der Waals surface area contributed by atoms with E-state index in [2.05, 4.69) is 22.2 Å². The lowest BCUT2D eigenvalue weighted by atomic mass is 10.0. The Labute approximate surface area is 171 Å². The molecule has 6 heteroatoms. The molecule has 3 heterocycles. The highest BCUT2D eigenvalue weighted by Gasteiger charge is 2.20. The van der Waals surface area contributed by atoms with E-state index in [0.29, 0.717) is 18.0 Å². The number of likely N-dealkylation sites (tertiary alicyclic amines) is 1. The fraction of sp³-hybridized carbons (Fsp3) is 0.435. The van der Waals surface area contributed by atoms with Crippen molar-refractivity contribution in [3.05, 3.63) is 47.7 Å². The monoisotopic (exact) mass is 391 g/mol. The molecule has 6 nitrogen and oxygen atoms in total. The topological polar surface area (TPSA) is 63.1 Å². The van der Waals surface area contributed by atoms with E-state index >= 15 is 0 Å². The Kier molecular flexibility index (Phi) is 5.62. The van der Waals surface area contributed by atoms with Crippen LogP contribution in [0.15, 0.2) is 36.4 Å². The zero-order valence-corrected chi connectivity index (χ0v) is 17.5. The number of hydrogen-bond donors (Lipinski definition) is 1. The molecule has 3 aromatic rings. The molecular formula is C23H29N5O. The Morgan fingerprint density at radius 2 is 1.93 bits per heavy atom. The van der Waals surface area contributed by atoms with Gasteiger partial charge in [0.15, 0.2) is 5.65 Å². The van der Waals surface area contributed by atoms with E-state index in [4.69, 9.17) is 4.98 Å². The molecule has 1 aliphatic rings.